The summed E-state index contributed by atoms with van der Waals surface area (Å²) < 4.78 is 24.4. The van der Waals surface area contributed by atoms with Crippen molar-refractivity contribution in [2.24, 2.45) is 0 Å². The molecule has 1 atom stereocenters. The van der Waals surface area contributed by atoms with E-state index in [0.717, 1.165) is 16.5 Å². The lowest BCUT2D eigenvalue weighted by atomic mass is 10.0. The Morgan fingerprint density at radius 3 is 2.78 bits per heavy atom. The molecule has 0 spiro atoms. The average molecular weight is 435 g/mol. The van der Waals surface area contributed by atoms with Gasteiger partial charge < -0.3 is 19.5 Å². The lowest BCUT2D eigenvalue weighted by molar-refractivity contribution is -0.145. The maximum Gasteiger partial charge on any atom is 0.328 e. The first-order chi connectivity index (χ1) is 15.5. The summed E-state index contributed by atoms with van der Waals surface area (Å²) in [6, 6.07) is 13.1. The van der Waals surface area contributed by atoms with Crippen molar-refractivity contribution in [3.8, 4) is 11.3 Å². The molecule has 7 nitrogen and oxygen atoms in total. The molecule has 2 N–H and O–H groups in total. The van der Waals surface area contributed by atoms with Gasteiger partial charge in [0, 0.05) is 36.4 Å². The molecule has 32 heavy (non-hydrogen) atoms. The number of hydrogen-bond acceptors (Lipinski definition) is 5. The van der Waals surface area contributed by atoms with Crippen molar-refractivity contribution >= 4 is 22.8 Å². The molecule has 4 rings (SSSR count). The number of aromatic nitrogens is 2. The van der Waals surface area contributed by atoms with Crippen LogP contribution in [-0.4, -0.2) is 35.0 Å². The molecule has 4 aromatic rings. The number of rotatable bonds is 8. The predicted octanol–water partition coefficient (Wildman–Crippen LogP) is 3.80. The van der Waals surface area contributed by atoms with Crippen LogP contribution in [0.1, 0.15) is 17.9 Å². The Morgan fingerprint density at radius 1 is 1.19 bits per heavy atom. The fraction of sp³-hybridized carbons (Fsp3) is 0.208. The summed E-state index contributed by atoms with van der Waals surface area (Å²) in [5.41, 5.74) is 2.16. The molecule has 0 fully saturated rings. The fourth-order valence-electron chi connectivity index (χ4n) is 3.55. The summed E-state index contributed by atoms with van der Waals surface area (Å²) >= 11 is 0. The number of benzene rings is 2. The van der Waals surface area contributed by atoms with Crippen LogP contribution >= 0.6 is 0 Å². The number of carbonyl (C=O) groups excluding carboxylic acids is 2. The second kappa shape index (κ2) is 9.47. The molecule has 2 aromatic heterocycles. The van der Waals surface area contributed by atoms with Crippen LogP contribution in [0, 0.1) is 5.82 Å². The van der Waals surface area contributed by atoms with E-state index in [-0.39, 0.29) is 18.7 Å². The minimum atomic E-state index is -0.828. The molecule has 164 valence electrons. The molecular weight excluding hydrogens is 413 g/mol. The van der Waals surface area contributed by atoms with Gasteiger partial charge in [-0.05, 0) is 23.8 Å². The summed E-state index contributed by atoms with van der Waals surface area (Å²) in [5.74, 6) is -0.673. The van der Waals surface area contributed by atoms with E-state index in [1.54, 1.807) is 18.2 Å². The van der Waals surface area contributed by atoms with Gasteiger partial charge in [-0.1, -0.05) is 30.3 Å². The van der Waals surface area contributed by atoms with Crippen LogP contribution in [0.4, 0.5) is 4.39 Å². The van der Waals surface area contributed by atoms with Gasteiger partial charge in [-0.2, -0.15) is 0 Å². The Kier molecular flexibility index (Phi) is 6.30. The number of nitrogens with one attached hydrogen (secondary N) is 2. The molecule has 0 radical (unpaired) electrons. The number of aromatic amines is 1. The number of ether oxygens (including phenoxy) is 1. The van der Waals surface area contributed by atoms with E-state index in [4.69, 9.17) is 9.15 Å². The number of oxazole rings is 1. The topological polar surface area (TPSA) is 97.2 Å². The monoisotopic (exact) mass is 435 g/mol. The molecule has 0 saturated carbocycles. The van der Waals surface area contributed by atoms with Crippen molar-refractivity contribution in [3.05, 3.63) is 78.2 Å². The van der Waals surface area contributed by atoms with E-state index >= 15 is 0 Å². The van der Waals surface area contributed by atoms with Gasteiger partial charge in [-0.3, -0.25) is 4.79 Å². The summed E-state index contributed by atoms with van der Waals surface area (Å²) in [4.78, 5) is 32.1. The zero-order chi connectivity index (χ0) is 22.5. The zero-order valence-corrected chi connectivity index (χ0v) is 17.4. The minimum absolute atomic E-state index is 0.0542. The van der Waals surface area contributed by atoms with Crippen LogP contribution < -0.4 is 5.32 Å². The molecule has 8 heteroatoms. The molecule has 2 heterocycles. The number of H-pyrrole nitrogens is 1. The second-order valence-electron chi connectivity index (χ2n) is 7.30. The minimum Gasteiger partial charge on any atom is -0.467 e. The van der Waals surface area contributed by atoms with Crippen LogP contribution in [0.3, 0.4) is 0 Å². The van der Waals surface area contributed by atoms with E-state index in [1.165, 1.54) is 19.4 Å². The maximum absolute atomic E-state index is 13.9. The normalized spacial score (nSPS) is 11.9. The molecule has 2 aromatic carbocycles. The summed E-state index contributed by atoms with van der Waals surface area (Å²) in [6.07, 6.45) is 3.81. The van der Waals surface area contributed by atoms with E-state index in [0.29, 0.717) is 23.6 Å². The Morgan fingerprint density at radius 2 is 1.97 bits per heavy atom. The highest BCUT2D eigenvalue weighted by atomic mass is 19.1. The highest BCUT2D eigenvalue weighted by Gasteiger charge is 2.23. The van der Waals surface area contributed by atoms with Crippen LogP contribution in [-0.2, 0) is 27.2 Å². The van der Waals surface area contributed by atoms with Gasteiger partial charge in [0.1, 0.15) is 11.9 Å². The highest BCUT2D eigenvalue weighted by molar-refractivity contribution is 5.87. The van der Waals surface area contributed by atoms with Gasteiger partial charge in [0.15, 0.2) is 11.7 Å². The van der Waals surface area contributed by atoms with Gasteiger partial charge in [-0.15, -0.1) is 0 Å². The third-order valence-corrected chi connectivity index (χ3v) is 5.18. The number of fused-ring (bicyclic) bond motifs is 1. The SMILES string of the molecule is COC(=O)[C@@H](Cc1c[nH]c2ccccc12)NC(=O)CCc1ncc(-c2ccccc2F)o1. The molecule has 1 amide bonds. The Bertz CT molecular complexity index is 1250. The third-order valence-electron chi connectivity index (χ3n) is 5.18. The van der Waals surface area contributed by atoms with Crippen LogP contribution in [0.25, 0.3) is 22.2 Å². The molecule has 0 bridgehead atoms. The van der Waals surface area contributed by atoms with Crippen molar-refractivity contribution in [2.45, 2.75) is 25.3 Å². The van der Waals surface area contributed by atoms with Crippen molar-refractivity contribution in [1.82, 2.24) is 15.3 Å². The van der Waals surface area contributed by atoms with Gasteiger partial charge in [0.25, 0.3) is 0 Å². The molecule has 0 aliphatic carbocycles. The summed E-state index contributed by atoms with van der Waals surface area (Å²) in [7, 11) is 1.29. The molecule has 0 saturated heterocycles. The van der Waals surface area contributed by atoms with Crippen molar-refractivity contribution in [2.75, 3.05) is 7.11 Å². The Labute approximate surface area is 183 Å². The fourth-order valence-corrected chi connectivity index (χ4v) is 3.55. The average Bonchev–Trinajstić information content (AvgIpc) is 3.44. The van der Waals surface area contributed by atoms with E-state index in [2.05, 4.69) is 15.3 Å². The lowest BCUT2D eigenvalue weighted by Gasteiger charge is -2.16. The zero-order valence-electron chi connectivity index (χ0n) is 17.4. The summed E-state index contributed by atoms with van der Waals surface area (Å²) in [6.45, 7) is 0. The number of nitrogens with zero attached hydrogens (tertiary/aromatic N) is 1. The number of halogens is 1. The lowest BCUT2D eigenvalue weighted by Crippen LogP contribution is -2.43. The predicted molar refractivity (Wildman–Crippen MR) is 116 cm³/mol. The number of para-hydroxylation sites is 1. The number of methoxy groups -OCH3 is 1. The van der Waals surface area contributed by atoms with Gasteiger partial charge in [-0.25, -0.2) is 14.2 Å². The van der Waals surface area contributed by atoms with E-state index in [9.17, 15) is 14.0 Å². The summed E-state index contributed by atoms with van der Waals surface area (Å²) in [5, 5.41) is 3.71. The maximum atomic E-state index is 13.9. The quantitative estimate of drug-likeness (QED) is 0.411. The van der Waals surface area contributed by atoms with Crippen molar-refractivity contribution < 1.29 is 23.1 Å². The molecule has 0 aliphatic heterocycles. The first-order valence-electron chi connectivity index (χ1n) is 10.2. The number of aryl methyl sites for hydroxylation is 1. The number of hydrogen-bond donors (Lipinski definition) is 2. The van der Waals surface area contributed by atoms with E-state index in [1.807, 2.05) is 30.5 Å². The standard InChI is InChI=1S/C24H22FN3O4/c1-31-24(30)20(12-15-13-26-19-9-5-3-6-16(15)19)28-22(29)10-11-23-27-14-21(32-23)17-7-2-4-8-18(17)25/h2-9,13-14,20,26H,10-12H2,1H3,(H,28,29)/t20-/m1/s1. The second-order valence-corrected chi connectivity index (χ2v) is 7.30. The van der Waals surface area contributed by atoms with Gasteiger partial charge >= 0.3 is 5.97 Å². The first-order valence-corrected chi connectivity index (χ1v) is 10.2. The van der Waals surface area contributed by atoms with Gasteiger partial charge in [0.05, 0.1) is 18.9 Å². The Hall–Kier alpha value is -3.94. The van der Waals surface area contributed by atoms with Crippen LogP contribution in [0.15, 0.2) is 65.3 Å². The number of amides is 1. The number of esters is 1. The highest BCUT2D eigenvalue weighted by Crippen LogP contribution is 2.24. The molecular formula is C24H22FN3O4. The van der Waals surface area contributed by atoms with Crippen molar-refractivity contribution in [3.63, 3.8) is 0 Å². The van der Waals surface area contributed by atoms with Crippen LogP contribution in [0.2, 0.25) is 0 Å². The Balaban J connectivity index is 1.39. The van der Waals surface area contributed by atoms with Crippen molar-refractivity contribution in [1.29, 1.82) is 0 Å². The first kappa shape index (κ1) is 21.3. The van der Waals surface area contributed by atoms with Crippen LogP contribution in [0.5, 0.6) is 0 Å². The largest absolute Gasteiger partial charge is 0.467 e. The van der Waals surface area contributed by atoms with Gasteiger partial charge in [0.2, 0.25) is 5.91 Å². The molecule has 0 aliphatic rings. The number of carbonyl (C=O) groups is 2. The smallest absolute Gasteiger partial charge is 0.328 e. The van der Waals surface area contributed by atoms with E-state index < -0.39 is 17.8 Å². The molecule has 0 unspecified atom stereocenters. The third kappa shape index (κ3) is 4.69.